The summed E-state index contributed by atoms with van der Waals surface area (Å²) in [6.45, 7) is 2.76. The molecular formula is C23H28FN3O2S2. The second-order valence-corrected chi connectivity index (χ2v) is 9.46. The molecule has 1 N–H and O–H groups in total. The Balaban J connectivity index is 1.47. The molecule has 1 aromatic carbocycles. The number of hydrogen-bond donors (Lipinski definition) is 1. The number of carbonyl (C=O) groups is 1. The molecule has 0 unspecified atom stereocenters. The molecular weight excluding hydrogens is 433 g/mol. The smallest absolute Gasteiger partial charge is 0.341 e. The van der Waals surface area contributed by atoms with Gasteiger partial charge in [0, 0.05) is 31.1 Å². The van der Waals surface area contributed by atoms with Gasteiger partial charge in [0.2, 0.25) is 0 Å². The van der Waals surface area contributed by atoms with Crippen molar-refractivity contribution in [2.45, 2.75) is 38.5 Å². The van der Waals surface area contributed by atoms with E-state index in [0.29, 0.717) is 42.5 Å². The van der Waals surface area contributed by atoms with E-state index in [-0.39, 0.29) is 11.8 Å². The van der Waals surface area contributed by atoms with E-state index in [2.05, 4.69) is 10.2 Å². The lowest BCUT2D eigenvalue weighted by Crippen LogP contribution is -2.50. The van der Waals surface area contributed by atoms with E-state index in [9.17, 15) is 9.18 Å². The van der Waals surface area contributed by atoms with Gasteiger partial charge in [-0.05, 0) is 55.6 Å². The first-order valence-electron chi connectivity index (χ1n) is 10.9. The summed E-state index contributed by atoms with van der Waals surface area (Å²) in [6, 6.07) is 6.86. The summed E-state index contributed by atoms with van der Waals surface area (Å²) in [5, 5.41) is 4.74. The standard InChI is InChI=1S/C23H28FN3O2S2/c1-29-22(28)20-16-8-4-2-3-5-11-19(16)31-21(20)25-23(30)27-14-12-26(13-15-27)18-10-7-6-9-17(18)24/h6-7,9-10H,2-5,8,11-15H2,1H3,(H,25,30). The molecule has 8 heteroatoms. The average molecular weight is 462 g/mol. The molecule has 1 aliphatic carbocycles. The number of aryl methyl sites for hydroxylation is 1. The Labute approximate surface area is 192 Å². The van der Waals surface area contributed by atoms with Crippen LogP contribution in [0.3, 0.4) is 0 Å². The zero-order valence-electron chi connectivity index (χ0n) is 17.8. The van der Waals surface area contributed by atoms with Crippen LogP contribution in [0.5, 0.6) is 0 Å². The number of methoxy groups -OCH3 is 1. The highest BCUT2D eigenvalue weighted by Crippen LogP contribution is 2.37. The first-order chi connectivity index (χ1) is 15.1. The molecule has 2 aliphatic rings. The highest BCUT2D eigenvalue weighted by molar-refractivity contribution is 7.80. The summed E-state index contributed by atoms with van der Waals surface area (Å²) in [6.07, 6.45) is 6.58. The van der Waals surface area contributed by atoms with Crippen LogP contribution in [0.15, 0.2) is 24.3 Å². The highest BCUT2D eigenvalue weighted by Gasteiger charge is 2.27. The number of thiocarbonyl (C=S) groups is 1. The number of fused-ring (bicyclic) bond motifs is 1. The molecule has 5 nitrogen and oxygen atoms in total. The van der Waals surface area contributed by atoms with E-state index < -0.39 is 0 Å². The van der Waals surface area contributed by atoms with E-state index in [1.54, 1.807) is 17.4 Å². The van der Waals surface area contributed by atoms with Gasteiger partial charge in [-0.3, -0.25) is 0 Å². The second-order valence-electron chi connectivity index (χ2n) is 7.97. The molecule has 0 radical (unpaired) electrons. The number of nitrogens with zero attached hydrogens (tertiary/aromatic N) is 2. The Morgan fingerprint density at radius 1 is 1.10 bits per heavy atom. The Morgan fingerprint density at radius 3 is 2.52 bits per heavy atom. The summed E-state index contributed by atoms with van der Waals surface area (Å²) in [7, 11) is 1.43. The van der Waals surface area contributed by atoms with Crippen LogP contribution in [0.4, 0.5) is 15.1 Å². The van der Waals surface area contributed by atoms with Crippen molar-refractivity contribution in [3.63, 3.8) is 0 Å². The maximum Gasteiger partial charge on any atom is 0.341 e. The van der Waals surface area contributed by atoms with Gasteiger partial charge in [-0.25, -0.2) is 9.18 Å². The molecule has 4 rings (SSSR count). The van der Waals surface area contributed by atoms with Crippen LogP contribution < -0.4 is 10.2 Å². The van der Waals surface area contributed by atoms with Gasteiger partial charge in [-0.2, -0.15) is 0 Å². The summed E-state index contributed by atoms with van der Waals surface area (Å²) >= 11 is 7.32. The van der Waals surface area contributed by atoms with Gasteiger partial charge >= 0.3 is 5.97 Å². The minimum atomic E-state index is -0.298. The van der Waals surface area contributed by atoms with Crippen LogP contribution in [0.2, 0.25) is 0 Å². The van der Waals surface area contributed by atoms with E-state index in [0.717, 1.165) is 36.2 Å². The lowest BCUT2D eigenvalue weighted by Gasteiger charge is -2.37. The third kappa shape index (κ3) is 4.85. The van der Waals surface area contributed by atoms with E-state index in [4.69, 9.17) is 17.0 Å². The second kappa shape index (κ2) is 9.96. The number of rotatable bonds is 3. The Kier molecular flexibility index (Phi) is 7.07. The van der Waals surface area contributed by atoms with Crippen LogP contribution in [0, 0.1) is 5.82 Å². The van der Waals surface area contributed by atoms with Crippen molar-refractivity contribution in [2.75, 3.05) is 43.5 Å². The number of carbonyl (C=O) groups excluding carboxylic acids is 1. The number of para-hydroxylation sites is 1. The summed E-state index contributed by atoms with van der Waals surface area (Å²) in [4.78, 5) is 18.0. The molecule has 1 aliphatic heterocycles. The largest absolute Gasteiger partial charge is 0.465 e. The van der Waals surface area contributed by atoms with Gasteiger partial charge in [0.1, 0.15) is 10.8 Å². The normalized spacial score (nSPS) is 16.8. The van der Waals surface area contributed by atoms with E-state index in [1.807, 2.05) is 17.0 Å². The van der Waals surface area contributed by atoms with Crippen molar-refractivity contribution in [2.24, 2.45) is 0 Å². The Bertz CT molecular complexity index is 954. The molecule has 0 saturated carbocycles. The van der Waals surface area contributed by atoms with Crippen LogP contribution in [-0.4, -0.2) is 49.3 Å². The molecule has 1 aromatic heterocycles. The first-order valence-corrected chi connectivity index (χ1v) is 12.1. The molecule has 2 heterocycles. The van der Waals surface area contributed by atoms with E-state index in [1.165, 1.54) is 30.9 Å². The molecule has 166 valence electrons. The minimum absolute atomic E-state index is 0.199. The predicted molar refractivity (Wildman–Crippen MR) is 128 cm³/mol. The number of halogens is 1. The highest BCUT2D eigenvalue weighted by atomic mass is 32.1. The number of esters is 1. The van der Waals surface area contributed by atoms with Crippen molar-refractivity contribution in [3.05, 3.63) is 46.1 Å². The molecule has 1 saturated heterocycles. The number of benzene rings is 1. The fourth-order valence-corrected chi connectivity index (χ4v) is 5.99. The van der Waals surface area contributed by atoms with Crippen molar-refractivity contribution >= 4 is 45.3 Å². The van der Waals surface area contributed by atoms with Crippen LogP contribution in [-0.2, 0) is 17.6 Å². The fraction of sp³-hybridized carbons (Fsp3) is 0.478. The fourth-order valence-electron chi connectivity index (χ4n) is 4.36. The number of piperazine rings is 1. The first kappa shape index (κ1) is 22.0. The van der Waals surface area contributed by atoms with Crippen LogP contribution >= 0.6 is 23.6 Å². The molecule has 0 amide bonds. The summed E-state index contributed by atoms with van der Waals surface area (Å²) < 4.78 is 19.2. The maximum absolute atomic E-state index is 14.1. The monoisotopic (exact) mass is 461 g/mol. The summed E-state index contributed by atoms with van der Waals surface area (Å²) in [5.74, 6) is -0.497. The van der Waals surface area contributed by atoms with Crippen molar-refractivity contribution in [1.82, 2.24) is 4.90 Å². The van der Waals surface area contributed by atoms with Gasteiger partial charge in [-0.1, -0.05) is 25.0 Å². The molecule has 0 spiro atoms. The lowest BCUT2D eigenvalue weighted by molar-refractivity contribution is 0.0601. The molecule has 1 fully saturated rings. The maximum atomic E-state index is 14.1. The minimum Gasteiger partial charge on any atom is -0.465 e. The van der Waals surface area contributed by atoms with Gasteiger partial charge < -0.3 is 19.9 Å². The zero-order valence-corrected chi connectivity index (χ0v) is 19.4. The third-order valence-corrected chi connectivity index (χ3v) is 7.61. The molecule has 31 heavy (non-hydrogen) atoms. The predicted octanol–water partition coefficient (Wildman–Crippen LogP) is 4.85. The van der Waals surface area contributed by atoms with Crippen LogP contribution in [0.1, 0.15) is 46.5 Å². The molecule has 0 bridgehead atoms. The molecule has 0 atom stereocenters. The zero-order chi connectivity index (χ0) is 21.8. The Hall–Kier alpha value is -2.19. The van der Waals surface area contributed by atoms with E-state index >= 15 is 0 Å². The topological polar surface area (TPSA) is 44.8 Å². The van der Waals surface area contributed by atoms with Gasteiger partial charge in [0.25, 0.3) is 0 Å². The number of thiophene rings is 1. The Morgan fingerprint density at radius 2 is 1.81 bits per heavy atom. The van der Waals surface area contributed by atoms with Crippen molar-refractivity contribution < 1.29 is 13.9 Å². The van der Waals surface area contributed by atoms with Gasteiger partial charge in [0.05, 0.1) is 18.4 Å². The molecule has 2 aromatic rings. The lowest BCUT2D eigenvalue weighted by atomic mass is 9.96. The third-order valence-electron chi connectivity index (χ3n) is 6.04. The number of nitrogens with one attached hydrogen (secondary N) is 1. The van der Waals surface area contributed by atoms with Crippen LogP contribution in [0.25, 0.3) is 0 Å². The number of ether oxygens (including phenoxy) is 1. The van der Waals surface area contributed by atoms with Gasteiger partial charge in [-0.15, -0.1) is 11.3 Å². The average Bonchev–Trinajstić information content (AvgIpc) is 3.09. The summed E-state index contributed by atoms with van der Waals surface area (Å²) in [5.41, 5.74) is 2.41. The number of hydrogen-bond acceptors (Lipinski definition) is 5. The quantitative estimate of drug-likeness (QED) is 0.521. The van der Waals surface area contributed by atoms with Crippen molar-refractivity contribution in [3.8, 4) is 0 Å². The SMILES string of the molecule is COC(=O)c1c(NC(=S)N2CCN(c3ccccc3F)CC2)sc2c1CCCCCC2. The number of anilines is 2. The van der Waals surface area contributed by atoms with Gasteiger partial charge in [0.15, 0.2) is 5.11 Å². The van der Waals surface area contributed by atoms with Crippen molar-refractivity contribution in [1.29, 1.82) is 0 Å².